The Bertz CT molecular complexity index is 804. The summed E-state index contributed by atoms with van der Waals surface area (Å²) in [5.74, 6) is 2.09. The molecule has 1 aromatic carbocycles. The van der Waals surface area contributed by atoms with E-state index in [1.165, 1.54) is 5.56 Å². The van der Waals surface area contributed by atoms with Crippen LogP contribution in [-0.2, 0) is 4.79 Å². The summed E-state index contributed by atoms with van der Waals surface area (Å²) in [6.45, 7) is 9.81. The average molecular weight is 397 g/mol. The van der Waals surface area contributed by atoms with Crippen molar-refractivity contribution in [1.29, 1.82) is 0 Å². The fourth-order valence-electron chi connectivity index (χ4n) is 3.63. The molecule has 3 rings (SSSR count). The summed E-state index contributed by atoms with van der Waals surface area (Å²) >= 11 is 0. The van der Waals surface area contributed by atoms with Gasteiger partial charge in [0, 0.05) is 43.8 Å². The largest absolute Gasteiger partial charge is 0.489 e. The van der Waals surface area contributed by atoms with Crippen LogP contribution in [0.2, 0.25) is 0 Å². The highest BCUT2D eigenvalue weighted by atomic mass is 16.5. The van der Waals surface area contributed by atoms with Crippen LogP contribution in [0.25, 0.3) is 0 Å². The van der Waals surface area contributed by atoms with Gasteiger partial charge in [-0.25, -0.2) is 4.98 Å². The number of anilines is 1. The van der Waals surface area contributed by atoms with E-state index in [1.54, 1.807) is 6.20 Å². The van der Waals surface area contributed by atoms with Gasteiger partial charge in [-0.15, -0.1) is 0 Å². The summed E-state index contributed by atoms with van der Waals surface area (Å²) in [6, 6.07) is 12.2. The SMILES string of the molecule is CCC(=O)C[C@@H](C)c1ccc(OC2CCN(c3ccnc(OC(C)C)c3)C2)cc1. The Morgan fingerprint density at radius 1 is 1.21 bits per heavy atom. The number of pyridine rings is 1. The minimum absolute atomic E-state index is 0.109. The molecule has 0 N–H and O–H groups in total. The number of hydrogen-bond donors (Lipinski definition) is 0. The van der Waals surface area contributed by atoms with Gasteiger partial charge >= 0.3 is 0 Å². The molecule has 2 atom stereocenters. The first kappa shape index (κ1) is 21.2. The molecule has 0 radical (unpaired) electrons. The lowest BCUT2D eigenvalue weighted by Crippen LogP contribution is -2.24. The second-order valence-corrected chi connectivity index (χ2v) is 8.06. The predicted octanol–water partition coefficient (Wildman–Crippen LogP) is 5.00. The summed E-state index contributed by atoms with van der Waals surface area (Å²) < 4.78 is 11.9. The average Bonchev–Trinajstić information content (AvgIpc) is 3.16. The first-order valence-corrected chi connectivity index (χ1v) is 10.6. The first-order chi connectivity index (χ1) is 13.9. The fourth-order valence-corrected chi connectivity index (χ4v) is 3.63. The lowest BCUT2D eigenvalue weighted by atomic mass is 9.95. The lowest BCUT2D eigenvalue weighted by molar-refractivity contribution is -0.119. The van der Waals surface area contributed by atoms with Crippen LogP contribution in [0.3, 0.4) is 0 Å². The molecule has 29 heavy (non-hydrogen) atoms. The molecule has 156 valence electrons. The highest BCUT2D eigenvalue weighted by Crippen LogP contribution is 2.27. The van der Waals surface area contributed by atoms with Crippen molar-refractivity contribution in [2.24, 2.45) is 0 Å². The Morgan fingerprint density at radius 2 is 1.97 bits per heavy atom. The maximum atomic E-state index is 11.7. The summed E-state index contributed by atoms with van der Waals surface area (Å²) in [7, 11) is 0. The summed E-state index contributed by atoms with van der Waals surface area (Å²) in [6.07, 6.45) is 4.24. The van der Waals surface area contributed by atoms with Crippen molar-refractivity contribution < 1.29 is 14.3 Å². The van der Waals surface area contributed by atoms with Gasteiger partial charge < -0.3 is 14.4 Å². The van der Waals surface area contributed by atoms with Crippen LogP contribution in [0.5, 0.6) is 11.6 Å². The van der Waals surface area contributed by atoms with Gasteiger partial charge in [0.2, 0.25) is 5.88 Å². The molecule has 5 nitrogen and oxygen atoms in total. The highest BCUT2D eigenvalue weighted by molar-refractivity contribution is 5.78. The lowest BCUT2D eigenvalue weighted by Gasteiger charge is -2.20. The quantitative estimate of drug-likeness (QED) is 0.597. The molecule has 5 heteroatoms. The van der Waals surface area contributed by atoms with E-state index in [-0.39, 0.29) is 18.1 Å². The van der Waals surface area contributed by atoms with E-state index in [9.17, 15) is 4.79 Å². The Hall–Kier alpha value is -2.56. The second-order valence-electron chi connectivity index (χ2n) is 8.06. The van der Waals surface area contributed by atoms with Crippen molar-refractivity contribution in [3.8, 4) is 11.6 Å². The number of benzene rings is 1. The van der Waals surface area contributed by atoms with Crippen LogP contribution >= 0.6 is 0 Å². The standard InChI is InChI=1S/C24H32N2O3/c1-5-21(27)14-18(4)19-6-8-22(9-7-19)29-23-11-13-26(16-23)20-10-12-25-24(15-20)28-17(2)3/h6-10,12,15,17-18,23H,5,11,13-14,16H2,1-4H3/t18-,23?/m1/s1. The van der Waals surface area contributed by atoms with Crippen molar-refractivity contribution >= 4 is 11.5 Å². The van der Waals surface area contributed by atoms with Gasteiger partial charge in [-0.05, 0) is 43.5 Å². The summed E-state index contributed by atoms with van der Waals surface area (Å²) in [5, 5.41) is 0. The third-order valence-corrected chi connectivity index (χ3v) is 5.27. The van der Waals surface area contributed by atoms with E-state index >= 15 is 0 Å². The third kappa shape index (κ3) is 5.96. The Kier molecular flexibility index (Phi) is 7.13. The predicted molar refractivity (Wildman–Crippen MR) is 116 cm³/mol. The number of nitrogens with zero attached hydrogens (tertiary/aromatic N) is 2. The van der Waals surface area contributed by atoms with Crippen LogP contribution in [-0.4, -0.2) is 36.1 Å². The zero-order valence-corrected chi connectivity index (χ0v) is 17.9. The van der Waals surface area contributed by atoms with Crippen LogP contribution in [0.4, 0.5) is 5.69 Å². The molecule has 1 saturated heterocycles. The molecule has 1 unspecified atom stereocenters. The number of aromatic nitrogens is 1. The van der Waals surface area contributed by atoms with Crippen LogP contribution < -0.4 is 14.4 Å². The van der Waals surface area contributed by atoms with Crippen molar-refractivity contribution in [1.82, 2.24) is 4.98 Å². The van der Waals surface area contributed by atoms with E-state index in [2.05, 4.69) is 28.9 Å². The summed E-state index contributed by atoms with van der Waals surface area (Å²) in [5.41, 5.74) is 2.30. The minimum atomic E-state index is 0.109. The molecule has 0 amide bonds. The summed E-state index contributed by atoms with van der Waals surface area (Å²) in [4.78, 5) is 18.3. The van der Waals surface area contributed by atoms with Crippen LogP contribution in [0, 0.1) is 0 Å². The highest BCUT2D eigenvalue weighted by Gasteiger charge is 2.25. The number of carbonyl (C=O) groups excluding carboxylic acids is 1. The molecule has 0 aliphatic carbocycles. The monoisotopic (exact) mass is 396 g/mol. The van der Waals surface area contributed by atoms with Gasteiger partial charge in [0.15, 0.2) is 0 Å². The van der Waals surface area contributed by atoms with Crippen LogP contribution in [0.1, 0.15) is 58.4 Å². The van der Waals surface area contributed by atoms with E-state index in [0.29, 0.717) is 24.5 Å². The maximum Gasteiger partial charge on any atom is 0.215 e. The molecule has 2 aromatic rings. The van der Waals surface area contributed by atoms with E-state index in [0.717, 1.165) is 30.9 Å². The molecule has 1 fully saturated rings. The number of rotatable bonds is 9. The van der Waals surface area contributed by atoms with Gasteiger partial charge in [0.1, 0.15) is 17.6 Å². The van der Waals surface area contributed by atoms with Crippen molar-refractivity contribution in [2.75, 3.05) is 18.0 Å². The molecule has 0 bridgehead atoms. The zero-order chi connectivity index (χ0) is 20.8. The normalized spacial score (nSPS) is 17.4. The Morgan fingerprint density at radius 3 is 2.66 bits per heavy atom. The molecular formula is C24H32N2O3. The topological polar surface area (TPSA) is 51.7 Å². The number of hydrogen-bond acceptors (Lipinski definition) is 5. The van der Waals surface area contributed by atoms with Crippen molar-refractivity contribution in [3.05, 3.63) is 48.2 Å². The van der Waals surface area contributed by atoms with Gasteiger partial charge in [-0.3, -0.25) is 4.79 Å². The fraction of sp³-hybridized carbons (Fsp3) is 0.500. The van der Waals surface area contributed by atoms with E-state index in [4.69, 9.17) is 9.47 Å². The van der Waals surface area contributed by atoms with Crippen LogP contribution in [0.15, 0.2) is 42.6 Å². The minimum Gasteiger partial charge on any atom is -0.489 e. The Balaban J connectivity index is 1.55. The Labute approximate surface area is 174 Å². The van der Waals surface area contributed by atoms with Gasteiger partial charge in [0.05, 0.1) is 12.6 Å². The third-order valence-electron chi connectivity index (χ3n) is 5.27. The number of ketones is 1. The number of Topliss-reactive ketones (excluding diaryl/α,β-unsaturated/α-hetero) is 1. The first-order valence-electron chi connectivity index (χ1n) is 10.6. The molecule has 1 aliphatic heterocycles. The molecule has 1 aromatic heterocycles. The van der Waals surface area contributed by atoms with Gasteiger partial charge in [-0.1, -0.05) is 26.0 Å². The van der Waals surface area contributed by atoms with E-state index in [1.807, 2.05) is 45.0 Å². The number of carbonyl (C=O) groups is 1. The van der Waals surface area contributed by atoms with Crippen molar-refractivity contribution in [3.63, 3.8) is 0 Å². The van der Waals surface area contributed by atoms with Gasteiger partial charge in [-0.2, -0.15) is 0 Å². The number of ether oxygens (including phenoxy) is 2. The zero-order valence-electron chi connectivity index (χ0n) is 17.9. The maximum absolute atomic E-state index is 11.7. The van der Waals surface area contributed by atoms with E-state index < -0.39 is 0 Å². The van der Waals surface area contributed by atoms with Gasteiger partial charge in [0.25, 0.3) is 0 Å². The smallest absolute Gasteiger partial charge is 0.215 e. The molecular weight excluding hydrogens is 364 g/mol. The molecule has 1 aliphatic rings. The van der Waals surface area contributed by atoms with Crippen molar-refractivity contribution in [2.45, 2.75) is 65.1 Å². The second kappa shape index (κ2) is 9.77. The molecule has 2 heterocycles. The molecule has 0 saturated carbocycles. The molecule has 0 spiro atoms.